The number of nitrogens with zero attached hydrogens (tertiary/aromatic N) is 2. The maximum absolute atomic E-state index is 12.3. The first-order valence-electron chi connectivity index (χ1n) is 9.22. The average Bonchev–Trinajstić information content (AvgIpc) is 2.97. The molecular weight excluding hydrogens is 338 g/mol. The molecule has 1 atom stereocenters. The lowest BCUT2D eigenvalue weighted by atomic mass is 9.88. The summed E-state index contributed by atoms with van der Waals surface area (Å²) in [6.45, 7) is 2.71. The molecule has 1 aliphatic heterocycles. The predicted molar refractivity (Wildman–Crippen MR) is 99.5 cm³/mol. The molecule has 25 heavy (non-hydrogen) atoms. The van der Waals surface area contributed by atoms with Gasteiger partial charge in [0.15, 0.2) is 9.84 Å². The quantitative estimate of drug-likeness (QED) is 0.868. The highest BCUT2D eigenvalue weighted by atomic mass is 32.2. The Morgan fingerprint density at radius 2 is 2.00 bits per heavy atom. The molecule has 3 rings (SSSR count). The molecule has 1 unspecified atom stereocenters. The van der Waals surface area contributed by atoms with Crippen LogP contribution in [0.5, 0.6) is 0 Å². The van der Waals surface area contributed by atoms with Crippen LogP contribution in [0.4, 0.5) is 11.5 Å². The molecule has 0 spiro atoms. The van der Waals surface area contributed by atoms with Gasteiger partial charge in [0.05, 0.1) is 23.4 Å². The van der Waals surface area contributed by atoms with E-state index in [1.165, 1.54) is 6.42 Å². The summed E-state index contributed by atoms with van der Waals surface area (Å²) in [5.74, 6) is 1.42. The first-order chi connectivity index (χ1) is 12.0. The molecule has 1 aliphatic carbocycles. The fourth-order valence-corrected chi connectivity index (χ4v) is 5.60. The maximum Gasteiger partial charge on any atom is 0.227 e. The summed E-state index contributed by atoms with van der Waals surface area (Å²) in [5, 5.41) is 2.96. The molecule has 1 N–H and O–H groups in total. The fourth-order valence-electron chi connectivity index (χ4n) is 3.87. The maximum atomic E-state index is 12.3. The van der Waals surface area contributed by atoms with E-state index in [1.54, 1.807) is 6.20 Å². The molecule has 7 heteroatoms. The van der Waals surface area contributed by atoms with Gasteiger partial charge in [0.25, 0.3) is 0 Å². The van der Waals surface area contributed by atoms with Crippen LogP contribution in [0.15, 0.2) is 18.3 Å². The third-order valence-electron chi connectivity index (χ3n) is 5.28. The zero-order chi connectivity index (χ0) is 17.9. The number of sulfone groups is 1. The van der Waals surface area contributed by atoms with Crippen LogP contribution in [0.25, 0.3) is 0 Å². The number of rotatable bonds is 5. The molecule has 1 saturated heterocycles. The predicted octanol–water partition coefficient (Wildman–Crippen LogP) is 2.61. The van der Waals surface area contributed by atoms with Crippen molar-refractivity contribution in [3.63, 3.8) is 0 Å². The van der Waals surface area contributed by atoms with E-state index in [4.69, 9.17) is 0 Å². The number of carbonyl (C=O) groups is 1. The van der Waals surface area contributed by atoms with Crippen LogP contribution in [0, 0.1) is 5.92 Å². The number of hydrogen-bond donors (Lipinski definition) is 1. The third kappa shape index (κ3) is 4.51. The van der Waals surface area contributed by atoms with E-state index in [0.717, 1.165) is 31.5 Å². The van der Waals surface area contributed by atoms with Crippen molar-refractivity contribution >= 4 is 27.2 Å². The van der Waals surface area contributed by atoms with E-state index in [2.05, 4.69) is 10.3 Å². The number of pyridine rings is 1. The van der Waals surface area contributed by atoms with Gasteiger partial charge in [-0.15, -0.1) is 0 Å². The van der Waals surface area contributed by atoms with Crippen molar-refractivity contribution in [3.8, 4) is 0 Å². The molecule has 1 aromatic rings. The molecule has 2 heterocycles. The van der Waals surface area contributed by atoms with Gasteiger partial charge in [-0.2, -0.15) is 0 Å². The van der Waals surface area contributed by atoms with E-state index in [9.17, 15) is 13.2 Å². The molecule has 0 aromatic carbocycles. The van der Waals surface area contributed by atoms with Crippen LogP contribution >= 0.6 is 0 Å². The lowest BCUT2D eigenvalue weighted by Gasteiger charge is -2.28. The topological polar surface area (TPSA) is 79.4 Å². The van der Waals surface area contributed by atoms with Gasteiger partial charge in [-0.25, -0.2) is 13.4 Å². The van der Waals surface area contributed by atoms with Gasteiger partial charge >= 0.3 is 0 Å². The van der Waals surface area contributed by atoms with Crippen LogP contribution in [0.1, 0.15) is 45.4 Å². The molecule has 0 radical (unpaired) electrons. The summed E-state index contributed by atoms with van der Waals surface area (Å²) in [5.41, 5.74) is 0.703. The number of aromatic nitrogens is 1. The number of anilines is 2. The Morgan fingerprint density at radius 1 is 1.24 bits per heavy atom. The summed E-state index contributed by atoms with van der Waals surface area (Å²) >= 11 is 0. The van der Waals surface area contributed by atoms with Crippen molar-refractivity contribution in [2.75, 3.05) is 28.3 Å². The van der Waals surface area contributed by atoms with Crippen molar-refractivity contribution in [2.45, 2.75) is 51.5 Å². The minimum atomic E-state index is -2.92. The largest absolute Gasteiger partial charge is 0.353 e. The molecule has 2 aliphatic rings. The Labute approximate surface area is 149 Å². The minimum absolute atomic E-state index is 0.00909. The van der Waals surface area contributed by atoms with Crippen molar-refractivity contribution < 1.29 is 13.2 Å². The summed E-state index contributed by atoms with van der Waals surface area (Å²) in [6.07, 6.45) is 7.74. The van der Waals surface area contributed by atoms with Crippen LogP contribution in [0.2, 0.25) is 0 Å². The molecule has 6 nitrogen and oxygen atoms in total. The van der Waals surface area contributed by atoms with E-state index >= 15 is 0 Å². The standard InChI is InChI=1S/C18H27N3O3S/c1-2-21(16-10-11-25(23,24)13-16)17-9-8-15(12-19-17)20-18(22)14-6-4-3-5-7-14/h8-9,12,14,16H,2-7,10-11,13H2,1H3,(H,20,22). The molecule has 1 aromatic heterocycles. The van der Waals surface area contributed by atoms with Crippen LogP contribution in [-0.2, 0) is 14.6 Å². The molecule has 138 valence electrons. The highest BCUT2D eigenvalue weighted by Gasteiger charge is 2.32. The first kappa shape index (κ1) is 18.2. The summed E-state index contributed by atoms with van der Waals surface area (Å²) < 4.78 is 23.4. The number of amides is 1. The summed E-state index contributed by atoms with van der Waals surface area (Å²) in [6, 6.07) is 3.71. The highest BCUT2D eigenvalue weighted by molar-refractivity contribution is 7.91. The van der Waals surface area contributed by atoms with Gasteiger partial charge in [-0.05, 0) is 38.3 Å². The van der Waals surface area contributed by atoms with E-state index < -0.39 is 9.84 Å². The zero-order valence-electron chi connectivity index (χ0n) is 14.8. The second-order valence-corrected chi connectivity index (χ2v) is 9.30. The molecular formula is C18H27N3O3S. The van der Waals surface area contributed by atoms with Gasteiger partial charge < -0.3 is 10.2 Å². The van der Waals surface area contributed by atoms with Gasteiger partial charge in [-0.3, -0.25) is 4.79 Å². The van der Waals surface area contributed by atoms with Crippen LogP contribution in [-0.4, -0.2) is 43.4 Å². The van der Waals surface area contributed by atoms with Gasteiger partial charge in [0.2, 0.25) is 5.91 Å². The Balaban J connectivity index is 1.63. The van der Waals surface area contributed by atoms with Gasteiger partial charge in [-0.1, -0.05) is 19.3 Å². The highest BCUT2D eigenvalue weighted by Crippen LogP contribution is 2.26. The second kappa shape index (κ2) is 7.72. The minimum Gasteiger partial charge on any atom is -0.353 e. The Bertz CT molecular complexity index is 697. The number of nitrogens with one attached hydrogen (secondary N) is 1. The zero-order valence-corrected chi connectivity index (χ0v) is 15.6. The third-order valence-corrected chi connectivity index (χ3v) is 7.03. The summed E-state index contributed by atoms with van der Waals surface area (Å²) in [7, 11) is -2.92. The Hall–Kier alpha value is -1.63. The van der Waals surface area contributed by atoms with Crippen molar-refractivity contribution in [3.05, 3.63) is 18.3 Å². The number of carbonyl (C=O) groups excluding carboxylic acids is 1. The smallest absolute Gasteiger partial charge is 0.227 e. The lowest BCUT2D eigenvalue weighted by molar-refractivity contribution is -0.120. The average molecular weight is 365 g/mol. The molecule has 1 amide bonds. The molecule has 2 fully saturated rings. The van der Waals surface area contributed by atoms with Crippen molar-refractivity contribution in [1.82, 2.24) is 4.98 Å². The Morgan fingerprint density at radius 3 is 2.56 bits per heavy atom. The Kier molecular flexibility index (Phi) is 5.61. The van der Waals surface area contributed by atoms with Gasteiger partial charge in [0, 0.05) is 18.5 Å². The fraction of sp³-hybridized carbons (Fsp3) is 0.667. The number of hydrogen-bond acceptors (Lipinski definition) is 5. The van der Waals surface area contributed by atoms with Crippen LogP contribution in [0.3, 0.4) is 0 Å². The molecule has 0 bridgehead atoms. The normalized spacial score (nSPS) is 23.3. The second-order valence-electron chi connectivity index (χ2n) is 7.07. The van der Waals surface area contributed by atoms with E-state index in [0.29, 0.717) is 18.7 Å². The lowest BCUT2D eigenvalue weighted by Crippen LogP contribution is -2.36. The SMILES string of the molecule is CCN(c1ccc(NC(=O)C2CCCCC2)cn1)C1CCS(=O)(=O)C1. The van der Waals surface area contributed by atoms with Gasteiger partial charge in [0.1, 0.15) is 5.82 Å². The summed E-state index contributed by atoms with van der Waals surface area (Å²) in [4.78, 5) is 18.8. The first-order valence-corrected chi connectivity index (χ1v) is 11.0. The van der Waals surface area contributed by atoms with Crippen molar-refractivity contribution in [1.29, 1.82) is 0 Å². The monoisotopic (exact) mass is 365 g/mol. The van der Waals surface area contributed by atoms with Crippen molar-refractivity contribution in [2.24, 2.45) is 5.92 Å². The van der Waals surface area contributed by atoms with E-state index in [-0.39, 0.29) is 29.4 Å². The van der Waals surface area contributed by atoms with E-state index in [1.807, 2.05) is 24.0 Å². The van der Waals surface area contributed by atoms with Crippen LogP contribution < -0.4 is 10.2 Å². The molecule has 1 saturated carbocycles.